The van der Waals surface area contributed by atoms with Crippen molar-refractivity contribution in [3.05, 3.63) is 114 Å². The molecule has 572 valence electrons. The molecule has 0 bridgehead atoms. The Kier molecular flexibility index (Phi) is 31.1. The van der Waals surface area contributed by atoms with Crippen LogP contribution in [0.3, 0.4) is 0 Å². The maximum Gasteiger partial charge on any atom is 0.246 e. The fourth-order valence-corrected chi connectivity index (χ4v) is 12.4. The van der Waals surface area contributed by atoms with E-state index >= 15 is 14.4 Å². The number of aliphatic hydroxyl groups excluding tert-OH is 3. The summed E-state index contributed by atoms with van der Waals surface area (Å²) in [5, 5.41) is 73.0. The summed E-state index contributed by atoms with van der Waals surface area (Å²) in [6, 6.07) is 5.63. The van der Waals surface area contributed by atoms with E-state index in [1.54, 1.807) is 88.4 Å². The molecule has 35 nitrogen and oxygen atoms in total. The Morgan fingerprint density at radius 1 is 0.600 bits per heavy atom. The zero-order valence-electron chi connectivity index (χ0n) is 59.1. The number of benzene rings is 3. The summed E-state index contributed by atoms with van der Waals surface area (Å²) in [5.41, 5.74) is 24.8. The predicted molar refractivity (Wildman–Crippen MR) is 374 cm³/mol. The van der Waals surface area contributed by atoms with Crippen molar-refractivity contribution in [2.24, 2.45) is 34.8 Å². The molecule has 0 aliphatic carbocycles. The Morgan fingerprint density at radius 2 is 1.10 bits per heavy atom. The Labute approximate surface area is 606 Å². The number of phenolic OH excluding ortho intramolecular Hbond substituents is 1. The number of primary amides is 2. The summed E-state index contributed by atoms with van der Waals surface area (Å²) in [5.74, 6) is -12.7. The van der Waals surface area contributed by atoms with Gasteiger partial charge in [0.1, 0.15) is 84.5 Å². The van der Waals surface area contributed by atoms with Crippen LogP contribution in [-0.2, 0) is 99.2 Å². The molecule has 4 aromatic rings. The summed E-state index contributed by atoms with van der Waals surface area (Å²) < 4.78 is 12.6. The van der Waals surface area contributed by atoms with Crippen molar-refractivity contribution in [2.75, 3.05) is 26.3 Å². The summed E-state index contributed by atoms with van der Waals surface area (Å²) in [7, 11) is 0. The van der Waals surface area contributed by atoms with Gasteiger partial charge in [0.2, 0.25) is 70.9 Å². The Morgan fingerprint density at radius 3 is 1.67 bits per heavy atom. The van der Waals surface area contributed by atoms with Crippen LogP contribution in [0.25, 0.3) is 0 Å². The fraction of sp³-hybridized carbons (Fsp3) is 0.543. The molecule has 3 saturated heterocycles. The van der Waals surface area contributed by atoms with Crippen LogP contribution >= 0.6 is 0 Å². The lowest BCUT2D eigenvalue weighted by molar-refractivity contribution is -0.266. The van der Waals surface area contributed by atoms with Gasteiger partial charge < -0.3 is 106 Å². The molecular formula is C70H99N17O18. The van der Waals surface area contributed by atoms with Crippen molar-refractivity contribution >= 4 is 70.9 Å². The number of nitrogens with one attached hydrogen (secondary N) is 9. The predicted octanol–water partition coefficient (Wildman–Crippen LogP) is -5.01. The quantitative estimate of drug-likeness (QED) is 0.0312. The van der Waals surface area contributed by atoms with E-state index in [0.717, 1.165) is 0 Å². The minimum absolute atomic E-state index is 0.0101. The molecule has 0 unspecified atom stereocenters. The molecule has 3 aliphatic heterocycles. The highest BCUT2D eigenvalue weighted by Gasteiger charge is 2.45. The van der Waals surface area contributed by atoms with Crippen molar-refractivity contribution in [3.63, 3.8) is 0 Å². The summed E-state index contributed by atoms with van der Waals surface area (Å²) in [6.45, 7) is 5.94. The number of nitrogens with two attached hydrogens (primary N) is 4. The highest BCUT2D eigenvalue weighted by atomic mass is 16.7. The largest absolute Gasteiger partial charge is 0.508 e. The number of hydrogen-bond acceptors (Lipinski definition) is 22. The molecule has 7 rings (SSSR count). The van der Waals surface area contributed by atoms with Gasteiger partial charge >= 0.3 is 0 Å². The van der Waals surface area contributed by atoms with Crippen LogP contribution in [0.1, 0.15) is 101 Å². The van der Waals surface area contributed by atoms with Crippen LogP contribution in [0, 0.1) is 11.8 Å². The highest BCUT2D eigenvalue weighted by molar-refractivity contribution is 6.01. The molecule has 12 amide bonds. The van der Waals surface area contributed by atoms with Gasteiger partial charge in [0.15, 0.2) is 6.29 Å². The molecule has 4 heterocycles. The third kappa shape index (κ3) is 24.5. The van der Waals surface area contributed by atoms with Crippen LogP contribution in [0.2, 0.25) is 0 Å². The number of ether oxygens (including phenoxy) is 2. The van der Waals surface area contributed by atoms with Crippen LogP contribution in [0.4, 0.5) is 0 Å². The lowest BCUT2D eigenvalue weighted by Crippen LogP contribution is -2.62. The van der Waals surface area contributed by atoms with Gasteiger partial charge in [0, 0.05) is 44.8 Å². The number of fused-ring (bicyclic) bond motifs is 1. The number of aliphatic hydroxyl groups is 3. The average molecular weight is 1470 g/mol. The number of rotatable bonds is 24. The minimum Gasteiger partial charge on any atom is -0.508 e. The summed E-state index contributed by atoms with van der Waals surface area (Å²) in [4.78, 5) is 176. The molecule has 3 aliphatic rings. The molecule has 3 fully saturated rings. The van der Waals surface area contributed by atoms with Crippen LogP contribution in [0.5, 0.6) is 5.75 Å². The summed E-state index contributed by atoms with van der Waals surface area (Å²) >= 11 is 0. The van der Waals surface area contributed by atoms with Crippen LogP contribution in [-0.4, -0.2) is 229 Å². The van der Waals surface area contributed by atoms with E-state index < -0.39 is 200 Å². The number of aromatic nitrogens is 3. The Hall–Kier alpha value is -10.0. The van der Waals surface area contributed by atoms with E-state index in [-0.39, 0.29) is 95.0 Å². The molecule has 35 heteroatoms. The third-order valence-corrected chi connectivity index (χ3v) is 18.1. The standard InChI is InChI=1S/C70H99N17O18/c1-37(2)29-46-62(96)82-51(32-40-15-9-6-10-16-40)69(103)87-26-12-18-52(87)67(101)81-49(33-42-35-86(85-84-42)27-28-104-70-56(74)59(93)58(92)53(36-88)105-70)64(98)79-47(30-39-13-7-5-8-14-39)63(97)80-50(34-55(73)91)65(99)75-45(23-24-54(72)90)61(95)78-48(31-41-19-21-43(89)22-20-41)66(100)83-57(38(3)4)68(102)76-44(17-11-25-71)60(94)77-46/h5-10,13-16,19-22,35,37-38,44-53,56-59,70,88-89,92-93H,11-12,17-18,23-34,36,71,74H2,1-4H3,(H2,72,90)(H2,73,91)(H,75,99)(H,76,102)(H,77,94)(H,78,95)(H,79,98)(H,80,97)(H,81,101)(H,82,96)(H,83,100)/t44-,45-,46-,47+,48-,49-,50-,51+,52-,53+,56+,57-,58-,59+,70+/m0/s1. The number of carbonyl (C=O) groups is 12. The maximum absolute atomic E-state index is 15.3. The van der Waals surface area contributed by atoms with E-state index in [2.05, 4.69) is 58.2 Å². The zero-order valence-corrected chi connectivity index (χ0v) is 59.1. The fourth-order valence-electron chi connectivity index (χ4n) is 12.4. The Bertz CT molecular complexity index is 3630. The lowest BCUT2D eigenvalue weighted by Gasteiger charge is -2.40. The monoisotopic (exact) mass is 1470 g/mol. The topological polar surface area (TPSA) is 551 Å². The van der Waals surface area contributed by atoms with Crippen molar-refractivity contribution in [1.29, 1.82) is 0 Å². The number of nitrogens with zero attached hydrogens (tertiary/aromatic N) is 4. The van der Waals surface area contributed by atoms with Gasteiger partial charge in [-0.05, 0) is 85.7 Å². The molecule has 0 radical (unpaired) electrons. The van der Waals surface area contributed by atoms with E-state index in [1.807, 2.05) is 0 Å². The third-order valence-electron chi connectivity index (χ3n) is 18.1. The Balaban J connectivity index is 1.31. The molecular weight excluding hydrogens is 1370 g/mol. The molecule has 0 saturated carbocycles. The van der Waals surface area contributed by atoms with Gasteiger partial charge in [-0.15, -0.1) is 5.10 Å². The smallest absolute Gasteiger partial charge is 0.246 e. The molecule has 3 aromatic carbocycles. The number of aromatic hydroxyl groups is 1. The van der Waals surface area contributed by atoms with Crippen molar-refractivity contribution in [1.82, 2.24) is 67.7 Å². The van der Waals surface area contributed by atoms with Gasteiger partial charge in [-0.2, -0.15) is 0 Å². The van der Waals surface area contributed by atoms with Crippen molar-refractivity contribution in [2.45, 2.75) is 202 Å². The van der Waals surface area contributed by atoms with E-state index in [9.17, 15) is 63.6 Å². The van der Waals surface area contributed by atoms with Gasteiger partial charge in [0.25, 0.3) is 0 Å². The number of phenols is 1. The summed E-state index contributed by atoms with van der Waals surface area (Å²) in [6.07, 6.45) is -6.86. The second-order valence-electron chi connectivity index (χ2n) is 27.2. The van der Waals surface area contributed by atoms with Crippen molar-refractivity contribution in [3.8, 4) is 5.75 Å². The van der Waals surface area contributed by atoms with Crippen LogP contribution in [0.15, 0.2) is 91.1 Å². The first kappa shape index (κ1) is 82.2. The number of amides is 12. The SMILES string of the molecule is CC(C)C[C@@H]1NC(=O)[C@H](CCCN)NC(=O)[C@H](C(C)C)NC(=O)[C@H](Cc2ccc(O)cc2)NC(=O)[C@H](CCC(N)=O)NC(=O)[C@H](CC(N)=O)NC(=O)[C@@H](Cc2ccccc2)NC(=O)[C@H](Cc2cn(CCO[C@@H]3O[C@H](CO)[C@H](O)[C@H](O)[C@H]3N)nn2)NC(=O)[C@@H]2CCCN2C(=O)[C@@H](Cc2ccccc2)NC1=O. The van der Waals surface area contributed by atoms with Crippen molar-refractivity contribution < 1.29 is 87.4 Å². The van der Waals surface area contributed by atoms with Gasteiger partial charge in [-0.25, -0.2) is 4.68 Å². The first-order chi connectivity index (χ1) is 50.0. The average Bonchev–Trinajstić information content (AvgIpc) is 0.890. The molecule has 105 heavy (non-hydrogen) atoms. The van der Waals surface area contributed by atoms with Gasteiger partial charge in [0.05, 0.1) is 37.9 Å². The first-order valence-electron chi connectivity index (χ1n) is 35.1. The minimum atomic E-state index is -1.93. The van der Waals surface area contributed by atoms with E-state index in [1.165, 1.54) is 40.0 Å². The second-order valence-corrected chi connectivity index (χ2v) is 27.2. The second kappa shape index (κ2) is 39.7. The molecule has 1 aromatic heterocycles. The maximum atomic E-state index is 15.3. The number of hydrogen-bond donors (Lipinski definition) is 17. The molecule has 15 atom stereocenters. The lowest BCUT2D eigenvalue weighted by atomic mass is 9.98. The van der Waals surface area contributed by atoms with Crippen LogP contribution < -0.4 is 70.8 Å². The highest BCUT2D eigenvalue weighted by Crippen LogP contribution is 2.24. The molecule has 0 spiro atoms. The molecule has 21 N–H and O–H groups in total. The van der Waals surface area contributed by atoms with Gasteiger partial charge in [-0.3, -0.25) is 57.5 Å². The van der Waals surface area contributed by atoms with E-state index in [0.29, 0.717) is 16.7 Å². The zero-order chi connectivity index (χ0) is 76.6. The van der Waals surface area contributed by atoms with Gasteiger partial charge in [-0.1, -0.05) is 106 Å². The van der Waals surface area contributed by atoms with E-state index in [4.69, 9.17) is 32.4 Å². The first-order valence-corrected chi connectivity index (χ1v) is 35.1. The normalized spacial score (nSPS) is 26.9. The number of carbonyl (C=O) groups excluding carboxylic acids is 12.